The number of rotatable bonds is 5. The maximum Gasteiger partial charge on any atom is 0.433 e. The Hall–Kier alpha value is -2.12. The van der Waals surface area contributed by atoms with Crippen LogP contribution in [0.2, 0.25) is 5.02 Å². The molecule has 1 aromatic carbocycles. The van der Waals surface area contributed by atoms with Gasteiger partial charge in [0.05, 0.1) is 17.1 Å². The molecule has 2 aliphatic rings. The monoisotopic (exact) mass is 646 g/mol. The molecular formula is C25H27ClF3IN6O. The molecule has 0 bridgehead atoms. The lowest BCUT2D eigenvalue weighted by atomic mass is 9.90. The van der Waals surface area contributed by atoms with Crippen molar-refractivity contribution in [1.29, 1.82) is 0 Å². The minimum Gasteiger partial charge on any atom is -0.382 e. The average Bonchev–Trinajstić information content (AvgIpc) is 3.26. The number of anilines is 1. The minimum atomic E-state index is -4.57. The van der Waals surface area contributed by atoms with Gasteiger partial charge in [-0.25, -0.2) is 4.98 Å². The van der Waals surface area contributed by atoms with Gasteiger partial charge in [0.2, 0.25) is 0 Å². The van der Waals surface area contributed by atoms with Crippen LogP contribution in [0.25, 0.3) is 10.9 Å². The summed E-state index contributed by atoms with van der Waals surface area (Å²) < 4.78 is 43.1. The molecule has 1 aliphatic carbocycles. The molecule has 37 heavy (non-hydrogen) atoms. The maximum absolute atomic E-state index is 13.5. The van der Waals surface area contributed by atoms with Crippen molar-refractivity contribution in [3.05, 3.63) is 50.4 Å². The van der Waals surface area contributed by atoms with E-state index in [0.29, 0.717) is 31.8 Å². The Morgan fingerprint density at radius 3 is 2.65 bits per heavy atom. The van der Waals surface area contributed by atoms with Gasteiger partial charge in [0.25, 0.3) is 5.91 Å². The summed E-state index contributed by atoms with van der Waals surface area (Å²) >= 11 is 8.23. The number of nitrogens with one attached hydrogen (secondary N) is 3. The average molecular weight is 647 g/mol. The number of nitrogens with zero attached hydrogens (tertiary/aromatic N) is 3. The van der Waals surface area contributed by atoms with E-state index >= 15 is 0 Å². The zero-order valence-corrected chi connectivity index (χ0v) is 22.8. The highest BCUT2D eigenvalue weighted by atomic mass is 127. The molecule has 1 saturated carbocycles. The molecule has 198 valence electrons. The Labute approximate surface area is 231 Å². The van der Waals surface area contributed by atoms with Crippen molar-refractivity contribution < 1.29 is 18.0 Å². The first-order chi connectivity index (χ1) is 17.7. The number of piperidine rings is 1. The lowest BCUT2D eigenvalue weighted by Crippen LogP contribution is -2.42. The van der Waals surface area contributed by atoms with Gasteiger partial charge >= 0.3 is 6.18 Å². The molecule has 0 spiro atoms. The number of halogens is 5. The number of alkyl halides is 3. The molecular weight excluding hydrogens is 620 g/mol. The highest BCUT2D eigenvalue weighted by Crippen LogP contribution is 2.35. The molecule has 2 atom stereocenters. The van der Waals surface area contributed by atoms with Crippen molar-refractivity contribution in [2.75, 3.05) is 18.4 Å². The summed E-state index contributed by atoms with van der Waals surface area (Å²) in [5.41, 5.74) is 0.168. The molecule has 1 saturated heterocycles. The van der Waals surface area contributed by atoms with Gasteiger partial charge in [-0.1, -0.05) is 11.6 Å². The topological polar surface area (TPSA) is 83.9 Å². The van der Waals surface area contributed by atoms with E-state index in [-0.39, 0.29) is 29.5 Å². The van der Waals surface area contributed by atoms with Crippen LogP contribution in [0, 0.1) is 3.70 Å². The molecule has 3 aromatic rings. The molecule has 3 heterocycles. The third-order valence-electron chi connectivity index (χ3n) is 7.04. The molecule has 0 unspecified atom stereocenters. The summed E-state index contributed by atoms with van der Waals surface area (Å²) in [6.07, 6.45) is 2.23. The first-order valence-corrected chi connectivity index (χ1v) is 13.8. The zero-order valence-electron chi connectivity index (χ0n) is 19.9. The van der Waals surface area contributed by atoms with Crippen molar-refractivity contribution in [1.82, 2.24) is 25.4 Å². The van der Waals surface area contributed by atoms with Gasteiger partial charge in [0.1, 0.15) is 9.39 Å². The number of pyridine rings is 1. The van der Waals surface area contributed by atoms with Crippen LogP contribution in [0.4, 0.5) is 18.9 Å². The Kier molecular flexibility index (Phi) is 7.83. The number of benzene rings is 1. The van der Waals surface area contributed by atoms with Crippen LogP contribution in [0.5, 0.6) is 0 Å². The van der Waals surface area contributed by atoms with Gasteiger partial charge in [0.15, 0.2) is 0 Å². The van der Waals surface area contributed by atoms with E-state index in [1.807, 2.05) is 10.9 Å². The van der Waals surface area contributed by atoms with Gasteiger partial charge in [0, 0.05) is 34.4 Å². The van der Waals surface area contributed by atoms with Crippen molar-refractivity contribution in [3.63, 3.8) is 0 Å². The second-order valence-electron chi connectivity index (χ2n) is 9.69. The Morgan fingerprint density at radius 2 is 1.89 bits per heavy atom. The second kappa shape index (κ2) is 10.9. The second-order valence-corrected chi connectivity index (χ2v) is 11.1. The highest BCUT2D eigenvalue weighted by molar-refractivity contribution is 14.1. The Balaban J connectivity index is 1.29. The summed E-state index contributed by atoms with van der Waals surface area (Å²) in [4.78, 5) is 16.9. The fraction of sp³-hybridized carbons (Fsp3) is 0.480. The van der Waals surface area contributed by atoms with Crippen LogP contribution < -0.4 is 16.0 Å². The predicted molar refractivity (Wildman–Crippen MR) is 145 cm³/mol. The maximum atomic E-state index is 13.5. The summed E-state index contributed by atoms with van der Waals surface area (Å²) in [5, 5.41) is 15.3. The standard InChI is InChI=1S/C25H27ClF3IN6O/c26-14-4-5-20-18(10-14)21(12-22(34-20)25(27,28)29)32-15-2-1-3-16(11-15)33-24(37)19-13-36(35-23(19)30)17-6-8-31-9-7-17/h4-5,10,12-13,15-17,31H,1-3,6-9,11H2,(H,32,34)(H,33,37)/t15-,16+/m0/s1. The van der Waals surface area contributed by atoms with Crippen LogP contribution in [-0.4, -0.2) is 45.8 Å². The third-order valence-corrected chi connectivity index (χ3v) is 8.08. The summed E-state index contributed by atoms with van der Waals surface area (Å²) in [5.74, 6) is -0.171. The zero-order chi connectivity index (χ0) is 26.2. The van der Waals surface area contributed by atoms with E-state index in [1.165, 1.54) is 12.1 Å². The molecule has 2 fully saturated rings. The number of aromatic nitrogens is 3. The Bertz CT molecular complexity index is 1290. The number of hydrogen-bond donors (Lipinski definition) is 3. The Morgan fingerprint density at radius 1 is 1.14 bits per heavy atom. The van der Waals surface area contributed by atoms with E-state index in [0.717, 1.165) is 51.3 Å². The van der Waals surface area contributed by atoms with Crippen LogP contribution in [-0.2, 0) is 6.18 Å². The van der Waals surface area contributed by atoms with Gasteiger partial charge in [-0.15, -0.1) is 0 Å². The summed E-state index contributed by atoms with van der Waals surface area (Å²) in [6, 6.07) is 5.76. The third kappa shape index (κ3) is 6.14. The summed E-state index contributed by atoms with van der Waals surface area (Å²) in [7, 11) is 0. The molecule has 1 aliphatic heterocycles. The number of fused-ring (bicyclic) bond motifs is 1. The first-order valence-electron chi connectivity index (χ1n) is 12.4. The van der Waals surface area contributed by atoms with Crippen LogP contribution in [0.15, 0.2) is 30.5 Å². The largest absolute Gasteiger partial charge is 0.433 e. The quantitative estimate of drug-likeness (QED) is 0.306. The van der Waals surface area contributed by atoms with E-state index in [2.05, 4.69) is 48.6 Å². The van der Waals surface area contributed by atoms with E-state index in [9.17, 15) is 18.0 Å². The van der Waals surface area contributed by atoms with Gasteiger partial charge in [-0.2, -0.15) is 18.3 Å². The lowest BCUT2D eigenvalue weighted by molar-refractivity contribution is -0.140. The minimum absolute atomic E-state index is 0.101. The number of carbonyl (C=O) groups excluding carboxylic acids is 1. The van der Waals surface area contributed by atoms with Gasteiger partial charge in [-0.3, -0.25) is 9.48 Å². The smallest absolute Gasteiger partial charge is 0.382 e. The van der Waals surface area contributed by atoms with Crippen LogP contribution in [0.3, 0.4) is 0 Å². The van der Waals surface area contributed by atoms with Crippen molar-refractivity contribution in [2.45, 2.75) is 62.8 Å². The number of hydrogen-bond acceptors (Lipinski definition) is 5. The van der Waals surface area contributed by atoms with Crippen molar-refractivity contribution in [2.24, 2.45) is 0 Å². The fourth-order valence-electron chi connectivity index (χ4n) is 5.18. The van der Waals surface area contributed by atoms with Gasteiger partial charge < -0.3 is 16.0 Å². The van der Waals surface area contributed by atoms with E-state index in [1.54, 1.807) is 6.07 Å². The van der Waals surface area contributed by atoms with E-state index in [4.69, 9.17) is 11.6 Å². The lowest BCUT2D eigenvalue weighted by Gasteiger charge is -2.31. The molecule has 7 nitrogen and oxygen atoms in total. The van der Waals surface area contributed by atoms with E-state index < -0.39 is 11.9 Å². The summed E-state index contributed by atoms with van der Waals surface area (Å²) in [6.45, 7) is 1.87. The number of carbonyl (C=O) groups is 1. The molecule has 1 amide bonds. The van der Waals surface area contributed by atoms with Crippen LogP contribution >= 0.6 is 34.2 Å². The van der Waals surface area contributed by atoms with Crippen molar-refractivity contribution in [3.8, 4) is 0 Å². The molecule has 5 rings (SSSR count). The number of amides is 1. The fourth-order valence-corrected chi connectivity index (χ4v) is 5.98. The normalized spacial score (nSPS) is 21.2. The molecule has 12 heteroatoms. The highest BCUT2D eigenvalue weighted by Gasteiger charge is 2.34. The predicted octanol–water partition coefficient (Wildman–Crippen LogP) is 5.79. The SMILES string of the molecule is O=C(N[C@@H]1CCC[C@H](Nc2cc(C(F)(F)F)nc3ccc(Cl)cc23)C1)c1cn(C2CCNCC2)nc1I. The molecule has 3 N–H and O–H groups in total. The van der Waals surface area contributed by atoms with Crippen LogP contribution in [0.1, 0.15) is 60.6 Å². The molecule has 2 aromatic heterocycles. The van der Waals surface area contributed by atoms with Crippen molar-refractivity contribution >= 4 is 56.7 Å². The molecule has 0 radical (unpaired) electrons. The first kappa shape index (κ1) is 26.5. The van der Waals surface area contributed by atoms with Gasteiger partial charge in [-0.05, 0) is 98.5 Å².